The Morgan fingerprint density at radius 1 is 1.00 bits per heavy atom. The third-order valence-corrected chi connectivity index (χ3v) is 3.15. The summed E-state index contributed by atoms with van der Waals surface area (Å²) in [5.41, 5.74) is 0.732. The molecule has 2 rings (SSSR count). The third kappa shape index (κ3) is 4.72. The summed E-state index contributed by atoms with van der Waals surface area (Å²) in [5, 5.41) is 3.88. The molecule has 0 aliphatic heterocycles. The zero-order valence-electron chi connectivity index (χ0n) is 13.9. The number of hydrogen-bond donors (Lipinski definition) is 1. The number of hydrogen-bond acceptors (Lipinski definition) is 7. The Morgan fingerprint density at radius 2 is 1.67 bits per heavy atom. The van der Waals surface area contributed by atoms with E-state index in [4.69, 9.17) is 25.4 Å². The quantitative estimate of drug-likeness (QED) is 0.525. The predicted octanol–water partition coefficient (Wildman–Crippen LogP) is 1.73. The summed E-state index contributed by atoms with van der Waals surface area (Å²) in [6, 6.07) is 3.65. The summed E-state index contributed by atoms with van der Waals surface area (Å²) in [6.07, 6.45) is 6.77. The average molecular weight is 331 g/mol. The van der Waals surface area contributed by atoms with Crippen molar-refractivity contribution in [3.05, 3.63) is 18.5 Å². The first kappa shape index (κ1) is 17.8. The van der Waals surface area contributed by atoms with Crippen LogP contribution in [0.5, 0.6) is 11.5 Å². The fourth-order valence-corrected chi connectivity index (χ4v) is 2.04. The minimum Gasteiger partial charge on any atom is -0.487 e. The van der Waals surface area contributed by atoms with Crippen LogP contribution in [0.3, 0.4) is 0 Å². The van der Waals surface area contributed by atoms with Gasteiger partial charge in [-0.3, -0.25) is 0 Å². The van der Waals surface area contributed by atoms with Crippen LogP contribution in [0.15, 0.2) is 18.5 Å². The molecule has 128 valence electrons. The van der Waals surface area contributed by atoms with Crippen molar-refractivity contribution in [1.82, 2.24) is 9.97 Å². The van der Waals surface area contributed by atoms with Crippen molar-refractivity contribution < 1.29 is 18.9 Å². The topological polar surface area (TPSA) is 74.7 Å². The van der Waals surface area contributed by atoms with Crippen LogP contribution in [-0.4, -0.2) is 57.2 Å². The maximum Gasteiger partial charge on any atom is 0.163 e. The number of methoxy groups -OCH3 is 2. The number of terminal acetylenes is 1. The van der Waals surface area contributed by atoms with Gasteiger partial charge in [0.15, 0.2) is 11.5 Å². The second-order valence-corrected chi connectivity index (χ2v) is 4.78. The number of ether oxygens (including phenoxy) is 4. The Kier molecular flexibility index (Phi) is 7.08. The molecule has 7 heteroatoms. The molecule has 0 aliphatic carbocycles. The maximum absolute atomic E-state index is 5.76. The maximum atomic E-state index is 5.76. The lowest BCUT2D eigenvalue weighted by Crippen LogP contribution is -2.09. The highest BCUT2D eigenvalue weighted by atomic mass is 16.5. The number of rotatable bonds is 10. The molecule has 1 N–H and O–H groups in total. The van der Waals surface area contributed by atoms with Gasteiger partial charge in [-0.1, -0.05) is 5.92 Å². The zero-order chi connectivity index (χ0) is 17.2. The molecular formula is C17H21N3O4. The number of anilines is 1. The van der Waals surface area contributed by atoms with Crippen molar-refractivity contribution >= 4 is 16.7 Å². The van der Waals surface area contributed by atoms with E-state index in [1.807, 2.05) is 12.1 Å². The van der Waals surface area contributed by atoms with E-state index in [0.29, 0.717) is 50.3 Å². The molecule has 1 heterocycles. The summed E-state index contributed by atoms with van der Waals surface area (Å²) in [5.74, 6) is 4.36. The van der Waals surface area contributed by atoms with E-state index in [1.54, 1.807) is 14.2 Å². The van der Waals surface area contributed by atoms with Crippen LogP contribution in [0.2, 0.25) is 0 Å². The molecule has 0 saturated carbocycles. The van der Waals surface area contributed by atoms with Crippen molar-refractivity contribution in [2.75, 3.05) is 52.5 Å². The first-order valence-corrected chi connectivity index (χ1v) is 7.49. The minimum absolute atomic E-state index is 0.373. The second-order valence-electron chi connectivity index (χ2n) is 4.78. The average Bonchev–Trinajstić information content (AvgIpc) is 2.60. The van der Waals surface area contributed by atoms with E-state index >= 15 is 0 Å². The predicted molar refractivity (Wildman–Crippen MR) is 91.6 cm³/mol. The molecule has 0 unspecified atom stereocenters. The molecule has 1 aromatic carbocycles. The molecule has 24 heavy (non-hydrogen) atoms. The summed E-state index contributed by atoms with van der Waals surface area (Å²) in [4.78, 5) is 8.51. The van der Waals surface area contributed by atoms with Gasteiger partial charge in [-0.2, -0.15) is 0 Å². The van der Waals surface area contributed by atoms with E-state index < -0.39 is 0 Å². The Bertz CT molecular complexity index is 700. The van der Waals surface area contributed by atoms with Crippen molar-refractivity contribution in [3.63, 3.8) is 0 Å². The molecule has 0 atom stereocenters. The van der Waals surface area contributed by atoms with E-state index in [0.717, 1.165) is 10.9 Å². The zero-order valence-corrected chi connectivity index (χ0v) is 13.9. The normalized spacial score (nSPS) is 10.4. The Balaban J connectivity index is 2.34. The molecule has 7 nitrogen and oxygen atoms in total. The van der Waals surface area contributed by atoms with Crippen LogP contribution in [0, 0.1) is 12.3 Å². The van der Waals surface area contributed by atoms with Gasteiger partial charge in [0.1, 0.15) is 25.4 Å². The summed E-state index contributed by atoms with van der Waals surface area (Å²) >= 11 is 0. The van der Waals surface area contributed by atoms with E-state index in [2.05, 4.69) is 21.2 Å². The number of nitrogens with one attached hydrogen (secondary N) is 1. The van der Waals surface area contributed by atoms with Crippen LogP contribution < -0.4 is 14.8 Å². The van der Waals surface area contributed by atoms with Gasteiger partial charge in [-0.15, -0.1) is 6.42 Å². The van der Waals surface area contributed by atoms with E-state index in [9.17, 15) is 0 Å². The lowest BCUT2D eigenvalue weighted by molar-refractivity contribution is 0.132. The Hall–Kier alpha value is -2.56. The molecule has 0 radical (unpaired) electrons. The van der Waals surface area contributed by atoms with Crippen LogP contribution in [0.1, 0.15) is 0 Å². The first-order chi connectivity index (χ1) is 11.8. The number of aromatic nitrogens is 2. The van der Waals surface area contributed by atoms with Gasteiger partial charge in [0, 0.05) is 25.7 Å². The first-order valence-electron chi connectivity index (χ1n) is 7.49. The monoisotopic (exact) mass is 331 g/mol. The molecule has 2 aromatic rings. The second kappa shape index (κ2) is 9.55. The molecule has 0 saturated heterocycles. The summed E-state index contributed by atoms with van der Waals surface area (Å²) < 4.78 is 21.5. The Morgan fingerprint density at radius 3 is 2.29 bits per heavy atom. The van der Waals surface area contributed by atoms with E-state index in [-0.39, 0.29) is 0 Å². The van der Waals surface area contributed by atoms with Crippen LogP contribution >= 0.6 is 0 Å². The fraction of sp³-hybridized carbons (Fsp3) is 0.412. The van der Waals surface area contributed by atoms with Crippen LogP contribution in [0.4, 0.5) is 5.82 Å². The molecule has 0 aliphatic rings. The van der Waals surface area contributed by atoms with Crippen molar-refractivity contribution in [2.24, 2.45) is 0 Å². The lowest BCUT2D eigenvalue weighted by Gasteiger charge is -2.14. The highest BCUT2D eigenvalue weighted by Gasteiger charge is 2.12. The van der Waals surface area contributed by atoms with Crippen LogP contribution in [-0.2, 0) is 9.47 Å². The molecule has 1 aromatic heterocycles. The third-order valence-electron chi connectivity index (χ3n) is 3.15. The lowest BCUT2D eigenvalue weighted by atomic mass is 10.2. The van der Waals surface area contributed by atoms with E-state index in [1.165, 1.54) is 6.33 Å². The molecule has 0 bridgehead atoms. The van der Waals surface area contributed by atoms with Gasteiger partial charge in [-0.05, 0) is 6.07 Å². The van der Waals surface area contributed by atoms with Gasteiger partial charge in [0.2, 0.25) is 0 Å². The largest absolute Gasteiger partial charge is 0.487 e. The summed E-state index contributed by atoms with van der Waals surface area (Å²) in [7, 11) is 3.24. The van der Waals surface area contributed by atoms with Gasteiger partial charge < -0.3 is 24.3 Å². The van der Waals surface area contributed by atoms with Crippen molar-refractivity contribution in [1.29, 1.82) is 0 Å². The number of nitrogens with zero attached hydrogens (tertiary/aromatic N) is 2. The van der Waals surface area contributed by atoms with Gasteiger partial charge in [0.25, 0.3) is 0 Å². The molecule has 0 amide bonds. The van der Waals surface area contributed by atoms with Crippen molar-refractivity contribution in [3.8, 4) is 23.8 Å². The smallest absolute Gasteiger partial charge is 0.163 e. The highest BCUT2D eigenvalue weighted by molar-refractivity contribution is 5.91. The van der Waals surface area contributed by atoms with Crippen LogP contribution in [0.25, 0.3) is 10.9 Å². The molecule has 0 fully saturated rings. The highest BCUT2D eigenvalue weighted by Crippen LogP contribution is 2.34. The van der Waals surface area contributed by atoms with Gasteiger partial charge in [0.05, 0.1) is 25.3 Å². The van der Waals surface area contributed by atoms with Crippen molar-refractivity contribution in [2.45, 2.75) is 0 Å². The van der Waals surface area contributed by atoms with Gasteiger partial charge >= 0.3 is 0 Å². The SMILES string of the molecule is C#CCNc1ncnc2cc(OCCOC)c(OCCOC)cc12. The number of benzene rings is 1. The standard InChI is InChI=1S/C17H21N3O4/c1-4-5-18-17-13-10-15(23-8-6-21-2)16(24-9-7-22-3)11-14(13)19-12-20-17/h1,10-12H,5-9H2,2-3H3,(H,18,19,20). The molecule has 0 spiro atoms. The van der Waals surface area contributed by atoms with Gasteiger partial charge in [-0.25, -0.2) is 9.97 Å². The summed E-state index contributed by atoms with van der Waals surface area (Å²) in [6.45, 7) is 2.15. The Labute approximate surface area is 141 Å². The fourth-order valence-electron chi connectivity index (χ4n) is 2.04. The minimum atomic E-state index is 0.373. The molecular weight excluding hydrogens is 310 g/mol. The number of fused-ring (bicyclic) bond motifs is 1.